The minimum atomic E-state index is 0.472. The van der Waals surface area contributed by atoms with Crippen LogP contribution in [0.15, 0.2) is 6.07 Å². The van der Waals surface area contributed by atoms with Crippen molar-refractivity contribution >= 4 is 0 Å². The Morgan fingerprint density at radius 1 is 1.33 bits per heavy atom. The van der Waals surface area contributed by atoms with Crippen LogP contribution in [0.25, 0.3) is 0 Å². The highest BCUT2D eigenvalue weighted by Gasteiger charge is 2.31. The van der Waals surface area contributed by atoms with E-state index in [1.165, 1.54) is 25.0 Å². The number of ether oxygens (including phenoxy) is 1. The molecule has 4 nitrogen and oxygen atoms in total. The van der Waals surface area contributed by atoms with E-state index < -0.39 is 0 Å². The fourth-order valence-electron chi connectivity index (χ4n) is 3.10. The molecule has 3 heterocycles. The Kier molecular flexibility index (Phi) is 3.39. The summed E-state index contributed by atoms with van der Waals surface area (Å²) in [7, 11) is 0. The van der Waals surface area contributed by atoms with E-state index in [1.54, 1.807) is 0 Å². The van der Waals surface area contributed by atoms with Crippen molar-refractivity contribution in [1.82, 2.24) is 14.7 Å². The number of nitrogens with zero attached hydrogens (tertiary/aromatic N) is 3. The van der Waals surface area contributed by atoms with Gasteiger partial charge in [0.05, 0.1) is 17.8 Å². The molecular weight excluding hydrogens is 226 g/mol. The second kappa shape index (κ2) is 5.02. The van der Waals surface area contributed by atoms with Gasteiger partial charge in [0.1, 0.15) is 0 Å². The first-order chi connectivity index (χ1) is 8.72. The third-order valence-corrected chi connectivity index (χ3v) is 4.06. The zero-order valence-corrected chi connectivity index (χ0v) is 11.4. The van der Waals surface area contributed by atoms with Crippen LogP contribution in [0.3, 0.4) is 0 Å². The fourth-order valence-corrected chi connectivity index (χ4v) is 3.10. The Balaban J connectivity index is 1.49. The van der Waals surface area contributed by atoms with Gasteiger partial charge in [-0.05, 0) is 39.2 Å². The standard InChI is InChI=1S/C14H23N3O/c1-11-7-12(2)17(15-11)13-8-16(9-13)10-14-5-3-4-6-18-14/h7,13-14H,3-6,8-10H2,1-2H3/t14-/m1/s1. The maximum Gasteiger partial charge on any atom is 0.0775 e. The first kappa shape index (κ1) is 12.2. The Labute approximate surface area is 109 Å². The number of likely N-dealkylation sites (tertiary alicyclic amines) is 1. The molecule has 1 aromatic heterocycles. The Bertz CT molecular complexity index is 403. The van der Waals surface area contributed by atoms with E-state index in [0.717, 1.165) is 31.9 Å². The third kappa shape index (κ3) is 2.45. The van der Waals surface area contributed by atoms with Gasteiger partial charge in [0.15, 0.2) is 0 Å². The van der Waals surface area contributed by atoms with Crippen molar-refractivity contribution < 1.29 is 4.74 Å². The van der Waals surface area contributed by atoms with Crippen molar-refractivity contribution in [3.8, 4) is 0 Å². The Hall–Kier alpha value is -0.870. The lowest BCUT2D eigenvalue weighted by atomic mass is 10.0. The van der Waals surface area contributed by atoms with E-state index in [9.17, 15) is 0 Å². The van der Waals surface area contributed by atoms with Gasteiger partial charge in [-0.2, -0.15) is 5.10 Å². The molecule has 100 valence electrons. The predicted octanol–water partition coefficient (Wildman–Crippen LogP) is 1.93. The van der Waals surface area contributed by atoms with E-state index in [4.69, 9.17) is 4.74 Å². The molecule has 2 aliphatic rings. The van der Waals surface area contributed by atoms with Crippen molar-refractivity contribution in [2.45, 2.75) is 45.3 Å². The summed E-state index contributed by atoms with van der Waals surface area (Å²) in [4.78, 5) is 2.50. The average molecular weight is 249 g/mol. The van der Waals surface area contributed by atoms with Crippen LogP contribution >= 0.6 is 0 Å². The molecule has 3 rings (SSSR count). The van der Waals surface area contributed by atoms with Gasteiger partial charge >= 0.3 is 0 Å². The Morgan fingerprint density at radius 3 is 2.78 bits per heavy atom. The molecule has 0 unspecified atom stereocenters. The lowest BCUT2D eigenvalue weighted by Gasteiger charge is -2.42. The quantitative estimate of drug-likeness (QED) is 0.820. The number of aryl methyl sites for hydroxylation is 2. The minimum Gasteiger partial charge on any atom is -0.377 e. The molecule has 0 bridgehead atoms. The van der Waals surface area contributed by atoms with Gasteiger partial charge in [-0.15, -0.1) is 0 Å². The molecule has 1 atom stereocenters. The summed E-state index contributed by atoms with van der Waals surface area (Å²) in [6.45, 7) is 8.53. The Morgan fingerprint density at radius 2 is 2.17 bits per heavy atom. The van der Waals surface area contributed by atoms with Crippen LogP contribution < -0.4 is 0 Å². The molecule has 0 N–H and O–H groups in total. The van der Waals surface area contributed by atoms with Gasteiger partial charge in [0, 0.05) is 31.9 Å². The second-order valence-electron chi connectivity index (χ2n) is 5.73. The number of aromatic nitrogens is 2. The van der Waals surface area contributed by atoms with Crippen molar-refractivity contribution in [3.63, 3.8) is 0 Å². The molecule has 0 spiro atoms. The monoisotopic (exact) mass is 249 g/mol. The molecule has 2 saturated heterocycles. The molecule has 18 heavy (non-hydrogen) atoms. The first-order valence-corrected chi connectivity index (χ1v) is 7.09. The van der Waals surface area contributed by atoms with Crippen molar-refractivity contribution in [2.24, 2.45) is 0 Å². The lowest BCUT2D eigenvalue weighted by Crippen LogP contribution is -2.51. The SMILES string of the molecule is Cc1cc(C)n(C2CN(C[C@H]3CCCCO3)C2)n1. The van der Waals surface area contributed by atoms with Gasteiger partial charge in [-0.25, -0.2) is 0 Å². The smallest absolute Gasteiger partial charge is 0.0775 e. The largest absolute Gasteiger partial charge is 0.377 e. The van der Waals surface area contributed by atoms with Crippen molar-refractivity contribution in [1.29, 1.82) is 0 Å². The average Bonchev–Trinajstić information content (AvgIpc) is 2.64. The van der Waals surface area contributed by atoms with E-state index in [0.29, 0.717) is 12.1 Å². The zero-order valence-electron chi connectivity index (χ0n) is 11.4. The molecular formula is C14H23N3O. The molecule has 2 fully saturated rings. The highest BCUT2D eigenvalue weighted by atomic mass is 16.5. The highest BCUT2D eigenvalue weighted by molar-refractivity contribution is 5.09. The summed E-state index contributed by atoms with van der Waals surface area (Å²) in [6, 6.07) is 2.73. The predicted molar refractivity (Wildman–Crippen MR) is 70.8 cm³/mol. The van der Waals surface area contributed by atoms with Gasteiger partial charge in [-0.1, -0.05) is 0 Å². The molecule has 0 aromatic carbocycles. The van der Waals surface area contributed by atoms with E-state index in [2.05, 4.69) is 34.6 Å². The molecule has 0 radical (unpaired) electrons. The number of hydrogen-bond donors (Lipinski definition) is 0. The molecule has 4 heteroatoms. The summed E-state index contributed by atoms with van der Waals surface area (Å²) in [5.74, 6) is 0. The minimum absolute atomic E-state index is 0.472. The maximum atomic E-state index is 5.79. The second-order valence-corrected chi connectivity index (χ2v) is 5.73. The fraction of sp³-hybridized carbons (Fsp3) is 0.786. The molecule has 0 saturated carbocycles. The molecule has 0 aliphatic carbocycles. The van der Waals surface area contributed by atoms with Gasteiger partial charge in [-0.3, -0.25) is 9.58 Å². The third-order valence-electron chi connectivity index (χ3n) is 4.06. The summed E-state index contributed by atoms with van der Waals surface area (Å²) in [6.07, 6.45) is 4.28. The van der Waals surface area contributed by atoms with Crippen LogP contribution in [0.2, 0.25) is 0 Å². The normalized spacial score (nSPS) is 26.2. The number of hydrogen-bond acceptors (Lipinski definition) is 3. The van der Waals surface area contributed by atoms with Crippen LogP contribution in [-0.2, 0) is 4.74 Å². The van der Waals surface area contributed by atoms with Gasteiger partial charge in [0.25, 0.3) is 0 Å². The van der Waals surface area contributed by atoms with Gasteiger partial charge < -0.3 is 4.74 Å². The maximum absolute atomic E-state index is 5.79. The summed E-state index contributed by atoms with van der Waals surface area (Å²) in [5.41, 5.74) is 2.41. The molecule has 0 amide bonds. The van der Waals surface area contributed by atoms with Crippen LogP contribution in [0.1, 0.15) is 36.7 Å². The van der Waals surface area contributed by atoms with Gasteiger partial charge in [0.2, 0.25) is 0 Å². The first-order valence-electron chi connectivity index (χ1n) is 7.09. The van der Waals surface area contributed by atoms with Crippen LogP contribution in [0.4, 0.5) is 0 Å². The topological polar surface area (TPSA) is 30.3 Å². The lowest BCUT2D eigenvalue weighted by molar-refractivity contribution is -0.0290. The van der Waals surface area contributed by atoms with E-state index in [1.807, 2.05) is 0 Å². The number of rotatable bonds is 3. The summed E-state index contributed by atoms with van der Waals surface area (Å²) >= 11 is 0. The summed E-state index contributed by atoms with van der Waals surface area (Å²) < 4.78 is 7.98. The molecule has 1 aromatic rings. The summed E-state index contributed by atoms with van der Waals surface area (Å²) in [5, 5.41) is 4.57. The van der Waals surface area contributed by atoms with Crippen LogP contribution in [-0.4, -0.2) is 47.0 Å². The van der Waals surface area contributed by atoms with Crippen molar-refractivity contribution in [3.05, 3.63) is 17.5 Å². The van der Waals surface area contributed by atoms with Crippen LogP contribution in [0, 0.1) is 13.8 Å². The van der Waals surface area contributed by atoms with Crippen LogP contribution in [0.5, 0.6) is 0 Å². The van der Waals surface area contributed by atoms with Crippen molar-refractivity contribution in [2.75, 3.05) is 26.2 Å². The van der Waals surface area contributed by atoms with E-state index in [-0.39, 0.29) is 0 Å². The highest BCUT2D eigenvalue weighted by Crippen LogP contribution is 2.24. The van der Waals surface area contributed by atoms with E-state index >= 15 is 0 Å². The molecule has 2 aliphatic heterocycles. The zero-order chi connectivity index (χ0) is 12.5.